The fourth-order valence-electron chi connectivity index (χ4n) is 3.70. The third-order valence-electron chi connectivity index (χ3n) is 5.57. The summed E-state index contributed by atoms with van der Waals surface area (Å²) >= 11 is 1.46. The molecule has 1 aliphatic rings. The van der Waals surface area contributed by atoms with Crippen molar-refractivity contribution in [3.63, 3.8) is 0 Å². The molecule has 1 N–H and O–H groups in total. The fraction of sp³-hybridized carbons (Fsp3) is 0.435. The molecule has 2 aromatic rings. The minimum Gasteiger partial charge on any atom is -0.339 e. The number of hydrogen-bond donors (Lipinski definition) is 1. The molecule has 0 radical (unpaired) electrons. The van der Waals surface area contributed by atoms with Crippen LogP contribution in [0, 0.1) is 0 Å². The van der Waals surface area contributed by atoms with Gasteiger partial charge >= 0.3 is 0 Å². The molecule has 1 aliphatic heterocycles. The van der Waals surface area contributed by atoms with E-state index in [0.717, 1.165) is 49.2 Å². The molecular formula is C23H30N2O3S2. The van der Waals surface area contributed by atoms with Gasteiger partial charge in [0.2, 0.25) is 10.0 Å². The van der Waals surface area contributed by atoms with Crippen LogP contribution in [0.2, 0.25) is 0 Å². The summed E-state index contributed by atoms with van der Waals surface area (Å²) in [6.45, 7) is 5.37. The van der Waals surface area contributed by atoms with Crippen LogP contribution in [0.15, 0.2) is 52.3 Å². The van der Waals surface area contributed by atoms with E-state index in [1.165, 1.54) is 23.4 Å². The number of benzene rings is 2. The number of hydrogen-bond acceptors (Lipinski definition) is 4. The molecule has 5 nitrogen and oxygen atoms in total. The standard InChI is InChI=1S/C23H30N2O3S2/c1-4-18-8-10-19(11-9-18)17(2)24-30(27,28)20-12-13-22(29-3)21(16-20)23(26)25-14-6-5-7-15-25/h8-13,16-17,24H,4-7,14-15H2,1-3H3/t17-/m0/s1. The normalized spacial score (nSPS) is 15.8. The van der Waals surface area contributed by atoms with Crippen LogP contribution >= 0.6 is 11.8 Å². The Kier molecular flexibility index (Phi) is 7.60. The van der Waals surface area contributed by atoms with Crippen LogP contribution in [0.3, 0.4) is 0 Å². The lowest BCUT2D eigenvalue weighted by atomic mass is 10.1. The zero-order valence-corrected chi connectivity index (χ0v) is 19.5. The predicted molar refractivity (Wildman–Crippen MR) is 123 cm³/mol. The number of thioether (sulfide) groups is 1. The molecule has 1 fully saturated rings. The Labute approximate surface area is 184 Å². The molecule has 1 amide bonds. The Morgan fingerprint density at radius 3 is 2.37 bits per heavy atom. The first kappa shape index (κ1) is 22.8. The zero-order chi connectivity index (χ0) is 21.7. The molecule has 0 spiro atoms. The van der Waals surface area contributed by atoms with E-state index in [9.17, 15) is 13.2 Å². The van der Waals surface area contributed by atoms with Crippen molar-refractivity contribution < 1.29 is 13.2 Å². The average Bonchev–Trinajstić information content (AvgIpc) is 2.78. The number of amides is 1. The predicted octanol–water partition coefficient (Wildman–Crippen LogP) is 4.64. The maximum Gasteiger partial charge on any atom is 0.255 e. The smallest absolute Gasteiger partial charge is 0.255 e. The second kappa shape index (κ2) is 9.98. The number of sulfonamides is 1. The molecule has 0 unspecified atom stereocenters. The molecule has 1 heterocycles. The first-order valence-electron chi connectivity index (χ1n) is 10.4. The van der Waals surface area contributed by atoms with Crippen LogP contribution in [0.1, 0.15) is 60.6 Å². The van der Waals surface area contributed by atoms with Crippen molar-refractivity contribution in [3.05, 3.63) is 59.2 Å². The first-order chi connectivity index (χ1) is 14.4. The summed E-state index contributed by atoms with van der Waals surface area (Å²) in [6, 6.07) is 12.4. The number of nitrogens with one attached hydrogen (secondary N) is 1. The number of aryl methyl sites for hydroxylation is 1. The number of carbonyl (C=O) groups excluding carboxylic acids is 1. The molecule has 3 rings (SSSR count). The first-order valence-corrected chi connectivity index (χ1v) is 13.1. The molecule has 162 valence electrons. The number of nitrogens with zero attached hydrogens (tertiary/aromatic N) is 1. The topological polar surface area (TPSA) is 66.5 Å². The van der Waals surface area contributed by atoms with Crippen LogP contribution in [-0.2, 0) is 16.4 Å². The van der Waals surface area contributed by atoms with Gasteiger partial charge in [0.25, 0.3) is 5.91 Å². The van der Waals surface area contributed by atoms with E-state index in [2.05, 4.69) is 11.6 Å². The van der Waals surface area contributed by atoms with E-state index in [1.807, 2.05) is 42.3 Å². The van der Waals surface area contributed by atoms with Gasteiger partial charge in [0.1, 0.15) is 0 Å². The maximum atomic E-state index is 13.1. The monoisotopic (exact) mass is 446 g/mol. The number of carbonyl (C=O) groups is 1. The molecular weight excluding hydrogens is 416 g/mol. The van der Waals surface area contributed by atoms with Crippen molar-refractivity contribution in [3.8, 4) is 0 Å². The molecule has 0 aliphatic carbocycles. The Hall–Kier alpha value is -1.83. The SMILES string of the molecule is CCc1ccc([C@H](C)NS(=O)(=O)c2ccc(SC)c(C(=O)N3CCCCC3)c2)cc1. The zero-order valence-electron chi connectivity index (χ0n) is 17.8. The molecule has 7 heteroatoms. The van der Waals surface area contributed by atoms with E-state index < -0.39 is 10.0 Å². The molecule has 0 bridgehead atoms. The van der Waals surface area contributed by atoms with E-state index >= 15 is 0 Å². The van der Waals surface area contributed by atoms with Crippen molar-refractivity contribution in [2.24, 2.45) is 0 Å². The van der Waals surface area contributed by atoms with Crippen molar-refractivity contribution in [1.82, 2.24) is 9.62 Å². The summed E-state index contributed by atoms with van der Waals surface area (Å²) in [6.07, 6.45) is 5.96. The molecule has 0 saturated carbocycles. The summed E-state index contributed by atoms with van der Waals surface area (Å²) < 4.78 is 28.8. The van der Waals surface area contributed by atoms with Gasteiger partial charge in [-0.2, -0.15) is 0 Å². The van der Waals surface area contributed by atoms with E-state index in [0.29, 0.717) is 5.56 Å². The van der Waals surface area contributed by atoms with Crippen molar-refractivity contribution in [2.75, 3.05) is 19.3 Å². The van der Waals surface area contributed by atoms with Gasteiger partial charge in [-0.15, -0.1) is 11.8 Å². The number of rotatable bonds is 7. The van der Waals surface area contributed by atoms with Gasteiger partial charge in [-0.25, -0.2) is 13.1 Å². The number of piperidine rings is 1. The largest absolute Gasteiger partial charge is 0.339 e. The summed E-state index contributed by atoms with van der Waals surface area (Å²) in [5.74, 6) is -0.0840. The summed E-state index contributed by atoms with van der Waals surface area (Å²) in [5.41, 5.74) is 2.58. The summed E-state index contributed by atoms with van der Waals surface area (Å²) in [4.78, 5) is 15.8. The van der Waals surface area contributed by atoms with Gasteiger partial charge in [-0.05, 0) is 68.2 Å². The second-order valence-corrected chi connectivity index (χ2v) is 10.2. The van der Waals surface area contributed by atoms with Crippen LogP contribution in [-0.4, -0.2) is 38.6 Å². The highest BCUT2D eigenvalue weighted by Crippen LogP contribution is 2.27. The molecule has 1 atom stereocenters. The van der Waals surface area contributed by atoms with Gasteiger partial charge in [0, 0.05) is 24.0 Å². The highest BCUT2D eigenvalue weighted by molar-refractivity contribution is 7.98. The molecule has 1 saturated heterocycles. The highest BCUT2D eigenvalue weighted by atomic mass is 32.2. The third kappa shape index (κ3) is 5.25. The highest BCUT2D eigenvalue weighted by Gasteiger charge is 2.25. The summed E-state index contributed by atoms with van der Waals surface area (Å²) in [5, 5.41) is 0. The van der Waals surface area contributed by atoms with Gasteiger partial charge in [0.15, 0.2) is 0 Å². The number of likely N-dealkylation sites (tertiary alicyclic amines) is 1. The Morgan fingerprint density at radius 2 is 1.77 bits per heavy atom. The van der Waals surface area contributed by atoms with Crippen LogP contribution in [0.5, 0.6) is 0 Å². The van der Waals surface area contributed by atoms with Crippen LogP contribution in [0.4, 0.5) is 0 Å². The van der Waals surface area contributed by atoms with Crippen LogP contribution < -0.4 is 4.72 Å². The summed E-state index contributed by atoms with van der Waals surface area (Å²) in [7, 11) is -3.77. The second-order valence-electron chi connectivity index (χ2n) is 7.65. The Morgan fingerprint density at radius 1 is 1.10 bits per heavy atom. The van der Waals surface area contributed by atoms with Gasteiger partial charge in [-0.3, -0.25) is 4.79 Å². The van der Waals surface area contributed by atoms with E-state index in [4.69, 9.17) is 0 Å². The lowest BCUT2D eigenvalue weighted by Crippen LogP contribution is -2.36. The van der Waals surface area contributed by atoms with E-state index in [-0.39, 0.29) is 16.8 Å². The molecule has 0 aromatic heterocycles. The van der Waals surface area contributed by atoms with Crippen molar-refractivity contribution in [2.45, 2.75) is 55.4 Å². The van der Waals surface area contributed by atoms with Gasteiger partial charge in [0.05, 0.1) is 10.5 Å². The average molecular weight is 447 g/mol. The maximum absolute atomic E-state index is 13.1. The molecule has 30 heavy (non-hydrogen) atoms. The minimum atomic E-state index is -3.77. The fourth-order valence-corrected chi connectivity index (χ4v) is 5.53. The molecule has 2 aromatic carbocycles. The van der Waals surface area contributed by atoms with Crippen molar-refractivity contribution >= 4 is 27.7 Å². The van der Waals surface area contributed by atoms with Crippen LogP contribution in [0.25, 0.3) is 0 Å². The minimum absolute atomic E-state index is 0.0840. The van der Waals surface area contributed by atoms with E-state index in [1.54, 1.807) is 12.1 Å². The lowest BCUT2D eigenvalue weighted by molar-refractivity contribution is 0.0720. The quantitative estimate of drug-likeness (QED) is 0.630. The van der Waals surface area contributed by atoms with Crippen molar-refractivity contribution in [1.29, 1.82) is 0 Å². The Balaban J connectivity index is 1.84. The van der Waals surface area contributed by atoms with Gasteiger partial charge in [-0.1, -0.05) is 31.2 Å². The Bertz CT molecular complexity index is 982. The third-order valence-corrected chi connectivity index (χ3v) is 7.91. The lowest BCUT2D eigenvalue weighted by Gasteiger charge is -2.27. The van der Waals surface area contributed by atoms with Gasteiger partial charge < -0.3 is 4.90 Å².